The maximum atomic E-state index is 6.86. The maximum Gasteiger partial charge on any atom is 0.143 e. The lowest BCUT2D eigenvalue weighted by molar-refractivity contribution is 0.666. The van der Waals surface area contributed by atoms with Gasteiger partial charge in [0.15, 0.2) is 0 Å². The first kappa shape index (κ1) is 40.0. The van der Waals surface area contributed by atoms with Gasteiger partial charge in [0, 0.05) is 65.8 Å². The van der Waals surface area contributed by atoms with Crippen molar-refractivity contribution in [1.82, 2.24) is 0 Å². The molecule has 13 rings (SSSR count). The summed E-state index contributed by atoms with van der Waals surface area (Å²) in [7, 11) is 0. The lowest BCUT2D eigenvalue weighted by atomic mass is 9.94. The Kier molecular flexibility index (Phi) is 9.20. The van der Waals surface area contributed by atoms with Crippen LogP contribution in [0.2, 0.25) is 0 Å². The summed E-state index contributed by atoms with van der Waals surface area (Å²) in [5.41, 5.74) is 12.8. The van der Waals surface area contributed by atoms with Gasteiger partial charge < -0.3 is 18.6 Å². The molecular formula is C64H48N2O2. The van der Waals surface area contributed by atoms with Gasteiger partial charge in [-0.2, -0.15) is 0 Å². The number of rotatable bonds is 8. The summed E-state index contributed by atoms with van der Waals surface area (Å²) in [6.45, 7) is 9.08. The monoisotopic (exact) mass is 876 g/mol. The molecule has 0 atom stereocenters. The third-order valence-corrected chi connectivity index (χ3v) is 14.1. The molecule has 0 unspecified atom stereocenters. The maximum absolute atomic E-state index is 6.86. The third kappa shape index (κ3) is 6.21. The van der Waals surface area contributed by atoms with Crippen molar-refractivity contribution in [2.45, 2.75) is 39.5 Å². The van der Waals surface area contributed by atoms with Crippen LogP contribution in [0.25, 0.3) is 87.0 Å². The van der Waals surface area contributed by atoms with Crippen molar-refractivity contribution in [3.05, 3.63) is 217 Å². The van der Waals surface area contributed by atoms with E-state index in [0.29, 0.717) is 11.8 Å². The average Bonchev–Trinajstić information content (AvgIpc) is 3.96. The molecule has 4 heteroatoms. The van der Waals surface area contributed by atoms with Gasteiger partial charge in [-0.3, -0.25) is 0 Å². The van der Waals surface area contributed by atoms with E-state index in [9.17, 15) is 0 Å². The second-order valence-electron chi connectivity index (χ2n) is 18.8. The minimum atomic E-state index is 0.414. The van der Waals surface area contributed by atoms with Crippen LogP contribution in [-0.2, 0) is 0 Å². The largest absolute Gasteiger partial charge is 0.455 e. The Balaban J connectivity index is 0.942. The van der Waals surface area contributed by atoms with Crippen molar-refractivity contribution in [2.75, 3.05) is 9.80 Å². The van der Waals surface area contributed by atoms with Gasteiger partial charge in [-0.1, -0.05) is 137 Å². The van der Waals surface area contributed by atoms with Crippen LogP contribution in [0.3, 0.4) is 0 Å². The van der Waals surface area contributed by atoms with Crippen molar-refractivity contribution in [3.63, 3.8) is 0 Å². The second kappa shape index (κ2) is 15.6. The van der Waals surface area contributed by atoms with E-state index < -0.39 is 0 Å². The molecule has 0 saturated heterocycles. The van der Waals surface area contributed by atoms with Crippen molar-refractivity contribution >= 4 is 121 Å². The third-order valence-electron chi connectivity index (χ3n) is 14.1. The highest BCUT2D eigenvalue weighted by molar-refractivity contribution is 6.30. The zero-order chi connectivity index (χ0) is 45.6. The number of furan rings is 2. The zero-order valence-corrected chi connectivity index (χ0v) is 38.5. The van der Waals surface area contributed by atoms with Gasteiger partial charge in [0.25, 0.3) is 0 Å². The van der Waals surface area contributed by atoms with Crippen LogP contribution in [0.1, 0.15) is 50.7 Å². The van der Waals surface area contributed by atoms with Crippen LogP contribution in [0, 0.1) is 0 Å². The van der Waals surface area contributed by atoms with E-state index in [1.807, 2.05) is 0 Å². The number of hydrogen-bond donors (Lipinski definition) is 0. The number of para-hydroxylation sites is 2. The van der Waals surface area contributed by atoms with Gasteiger partial charge in [0.2, 0.25) is 0 Å². The number of nitrogens with zero attached hydrogens (tertiary/aromatic N) is 2. The molecule has 0 spiro atoms. The lowest BCUT2D eigenvalue weighted by Crippen LogP contribution is -2.11. The predicted octanol–water partition coefficient (Wildman–Crippen LogP) is 19.3. The van der Waals surface area contributed by atoms with E-state index in [2.05, 4.69) is 244 Å². The average molecular weight is 877 g/mol. The Morgan fingerprint density at radius 2 is 0.691 bits per heavy atom. The molecule has 0 aliphatic heterocycles. The van der Waals surface area contributed by atoms with E-state index in [4.69, 9.17) is 8.83 Å². The van der Waals surface area contributed by atoms with Gasteiger partial charge in [-0.25, -0.2) is 0 Å². The summed E-state index contributed by atoms with van der Waals surface area (Å²) < 4.78 is 13.7. The molecule has 0 radical (unpaired) electrons. The molecule has 0 bridgehead atoms. The molecule has 13 aromatic rings. The molecule has 0 aliphatic rings. The van der Waals surface area contributed by atoms with Crippen LogP contribution in [0.15, 0.2) is 215 Å². The SMILES string of the molecule is CC(C)c1ccc(N(c2ccccc2)c2ccc3c(ccc4c3oc3ccc5oc6c7ccc(N(c8ccccc8)c8ccc(C(C)C)c9ccccc89)cc7ccc6c5c34)c2)c2ccccc12. The van der Waals surface area contributed by atoms with Gasteiger partial charge in [-0.15, -0.1) is 0 Å². The van der Waals surface area contributed by atoms with Crippen LogP contribution < -0.4 is 9.80 Å². The lowest BCUT2D eigenvalue weighted by Gasteiger charge is -2.28. The molecule has 68 heavy (non-hydrogen) atoms. The number of anilines is 6. The van der Waals surface area contributed by atoms with E-state index in [0.717, 1.165) is 99.5 Å². The molecule has 0 fully saturated rings. The standard InChI is InChI=1S/C64H48N2O2/c1-39(2)47-31-33-57(53-21-13-11-19-51(47)53)65(43-15-7-5-8-16-43)45-25-29-49-41(37-45)23-27-55-61-59(67-63(49)55)35-36-60-62(61)56-28-24-42-38-46(26-30-50(42)64(56)68-60)66(44-17-9-6-10-18-44)58-34-32-48(40(3)4)52-20-12-14-22-54(52)58/h5-40H,1-4H3. The van der Waals surface area contributed by atoms with Crippen LogP contribution in [0.4, 0.5) is 34.1 Å². The van der Waals surface area contributed by atoms with Gasteiger partial charge in [0.05, 0.1) is 11.4 Å². The van der Waals surface area contributed by atoms with Gasteiger partial charge in [-0.05, 0) is 142 Å². The highest BCUT2D eigenvalue weighted by atomic mass is 16.3. The quantitative estimate of drug-likeness (QED) is 0.152. The number of fused-ring (bicyclic) bond motifs is 13. The van der Waals surface area contributed by atoms with Crippen LogP contribution in [0.5, 0.6) is 0 Å². The topological polar surface area (TPSA) is 32.8 Å². The van der Waals surface area contributed by atoms with Crippen molar-refractivity contribution in [2.24, 2.45) is 0 Å². The molecule has 2 aromatic heterocycles. The Morgan fingerprint density at radius 3 is 1.10 bits per heavy atom. The molecule has 11 aromatic carbocycles. The minimum absolute atomic E-state index is 0.414. The van der Waals surface area contributed by atoms with Gasteiger partial charge in [0.1, 0.15) is 22.3 Å². The zero-order valence-electron chi connectivity index (χ0n) is 38.5. The first-order valence-electron chi connectivity index (χ1n) is 23.8. The Morgan fingerprint density at radius 1 is 0.309 bits per heavy atom. The highest BCUT2D eigenvalue weighted by Crippen LogP contribution is 2.47. The molecular weight excluding hydrogens is 829 g/mol. The van der Waals surface area contributed by atoms with Crippen LogP contribution in [-0.4, -0.2) is 0 Å². The summed E-state index contributed by atoms with van der Waals surface area (Å²) in [6.07, 6.45) is 0. The predicted molar refractivity (Wildman–Crippen MR) is 289 cm³/mol. The van der Waals surface area contributed by atoms with Crippen LogP contribution >= 0.6 is 0 Å². The second-order valence-corrected chi connectivity index (χ2v) is 18.8. The fourth-order valence-electron chi connectivity index (χ4n) is 11.0. The molecule has 0 amide bonds. The summed E-state index contributed by atoms with van der Waals surface area (Å²) in [5, 5.41) is 13.7. The smallest absolute Gasteiger partial charge is 0.143 e. The molecule has 326 valence electrons. The van der Waals surface area contributed by atoms with Gasteiger partial charge >= 0.3 is 0 Å². The van der Waals surface area contributed by atoms with E-state index in [1.165, 1.54) is 32.7 Å². The summed E-state index contributed by atoms with van der Waals surface area (Å²) in [4.78, 5) is 4.77. The van der Waals surface area contributed by atoms with Crippen molar-refractivity contribution in [3.8, 4) is 0 Å². The molecule has 2 heterocycles. The van der Waals surface area contributed by atoms with E-state index in [-0.39, 0.29) is 0 Å². The Hall–Kier alpha value is -8.34. The molecule has 0 saturated carbocycles. The number of benzene rings is 11. The normalized spacial score (nSPS) is 12.1. The summed E-state index contributed by atoms with van der Waals surface area (Å²) in [6, 6.07) is 74.7. The van der Waals surface area contributed by atoms with Crippen molar-refractivity contribution < 1.29 is 8.83 Å². The Labute approximate surface area is 394 Å². The minimum Gasteiger partial charge on any atom is -0.455 e. The molecule has 0 N–H and O–H groups in total. The fourth-order valence-corrected chi connectivity index (χ4v) is 11.0. The first-order valence-corrected chi connectivity index (χ1v) is 23.8. The Bertz CT molecular complexity index is 3840. The number of hydrogen-bond acceptors (Lipinski definition) is 4. The molecule has 4 nitrogen and oxygen atoms in total. The molecule has 0 aliphatic carbocycles. The summed E-state index contributed by atoms with van der Waals surface area (Å²) >= 11 is 0. The fraction of sp³-hybridized carbons (Fsp3) is 0.0938. The highest BCUT2D eigenvalue weighted by Gasteiger charge is 2.23. The van der Waals surface area contributed by atoms with Crippen molar-refractivity contribution in [1.29, 1.82) is 0 Å². The first-order chi connectivity index (χ1) is 33.4. The van der Waals surface area contributed by atoms with E-state index in [1.54, 1.807) is 0 Å². The van der Waals surface area contributed by atoms with E-state index >= 15 is 0 Å². The summed E-state index contributed by atoms with van der Waals surface area (Å²) in [5.74, 6) is 0.828.